The van der Waals surface area contributed by atoms with E-state index in [-0.39, 0.29) is 0 Å². The third kappa shape index (κ3) is 5.56. The number of allylic oxidation sites excluding steroid dienone is 4. The lowest BCUT2D eigenvalue weighted by molar-refractivity contribution is -0.107. The number of aryl methyl sites for hydroxylation is 1. The van der Waals surface area contributed by atoms with Crippen molar-refractivity contribution in [3.8, 4) is 0 Å². The highest BCUT2D eigenvalue weighted by Gasteiger charge is 2.15. The Morgan fingerprint density at radius 1 is 1.32 bits per heavy atom. The van der Waals surface area contributed by atoms with Gasteiger partial charge in [-0.15, -0.1) is 11.8 Å². The molecule has 0 fully saturated rings. The average Bonchev–Trinajstić information content (AvgIpc) is 2.58. The molecule has 0 saturated carbocycles. The Labute approximate surface area is 154 Å². The number of hydrogen-bond donors (Lipinski definition) is 1. The first-order valence-corrected chi connectivity index (χ1v) is 9.80. The van der Waals surface area contributed by atoms with Gasteiger partial charge in [0.15, 0.2) is 5.82 Å². The molecule has 0 bridgehead atoms. The third-order valence-corrected chi connectivity index (χ3v) is 5.03. The van der Waals surface area contributed by atoms with Crippen molar-refractivity contribution in [2.24, 2.45) is 0 Å². The maximum Gasteiger partial charge on any atom is 0.168 e. The fraction of sp³-hybridized carbons (Fsp3) is 0.450. The minimum atomic E-state index is 0.610. The zero-order valence-corrected chi connectivity index (χ0v) is 16.4. The highest BCUT2D eigenvalue weighted by atomic mass is 32.2. The van der Waals surface area contributed by atoms with Gasteiger partial charge in [-0.1, -0.05) is 24.6 Å². The molecule has 5 heteroatoms. The van der Waals surface area contributed by atoms with Gasteiger partial charge in [-0.3, -0.25) is 0 Å². The molecule has 0 radical (unpaired) electrons. The van der Waals surface area contributed by atoms with Gasteiger partial charge in [0.25, 0.3) is 0 Å². The van der Waals surface area contributed by atoms with Crippen molar-refractivity contribution in [1.29, 1.82) is 0 Å². The average molecular weight is 358 g/mol. The molecule has 1 aromatic rings. The van der Waals surface area contributed by atoms with E-state index >= 15 is 0 Å². The largest absolute Gasteiger partial charge is 0.344 e. The Morgan fingerprint density at radius 3 is 2.80 bits per heavy atom. The van der Waals surface area contributed by atoms with Gasteiger partial charge in [-0.05, 0) is 46.1 Å². The molecule has 2 rings (SSSR count). The molecule has 1 N–H and O–H groups in total. The molecule has 134 valence electrons. The summed E-state index contributed by atoms with van der Waals surface area (Å²) in [5.41, 5.74) is 4.50. The molecular formula is C20H27N3OS. The van der Waals surface area contributed by atoms with Crippen molar-refractivity contribution in [3.05, 3.63) is 46.6 Å². The van der Waals surface area contributed by atoms with Crippen LogP contribution in [0.4, 0.5) is 5.82 Å². The SMILES string of the molecule is CCc1c(C)nc(C2=CC(C)=CCS2)nc1N/C(C)=C/CCCC=O. The smallest absolute Gasteiger partial charge is 0.168 e. The number of hydrogen-bond acceptors (Lipinski definition) is 5. The number of aldehydes is 1. The number of carbonyl (C=O) groups is 1. The topological polar surface area (TPSA) is 54.9 Å². The lowest BCUT2D eigenvalue weighted by atomic mass is 10.1. The lowest BCUT2D eigenvalue weighted by Crippen LogP contribution is -2.09. The van der Waals surface area contributed by atoms with Gasteiger partial charge in [0, 0.05) is 29.1 Å². The van der Waals surface area contributed by atoms with Crippen molar-refractivity contribution in [1.82, 2.24) is 9.97 Å². The van der Waals surface area contributed by atoms with Gasteiger partial charge >= 0.3 is 0 Å². The summed E-state index contributed by atoms with van der Waals surface area (Å²) in [6, 6.07) is 0. The zero-order valence-electron chi connectivity index (χ0n) is 15.6. The number of nitrogens with one attached hydrogen (secondary N) is 1. The molecule has 0 aliphatic carbocycles. The summed E-state index contributed by atoms with van der Waals surface area (Å²) in [5.74, 6) is 2.65. The number of thioether (sulfide) groups is 1. The van der Waals surface area contributed by atoms with Crippen LogP contribution in [-0.2, 0) is 11.2 Å². The molecule has 0 saturated heterocycles. The van der Waals surface area contributed by atoms with E-state index in [2.05, 4.69) is 44.3 Å². The number of aromatic nitrogens is 2. The van der Waals surface area contributed by atoms with Crippen LogP contribution in [0.25, 0.3) is 4.91 Å². The molecule has 1 aliphatic rings. The van der Waals surface area contributed by atoms with Crippen molar-refractivity contribution in [2.75, 3.05) is 11.1 Å². The van der Waals surface area contributed by atoms with Gasteiger partial charge in [-0.2, -0.15) is 0 Å². The summed E-state index contributed by atoms with van der Waals surface area (Å²) in [6.45, 7) is 8.33. The monoisotopic (exact) mass is 357 g/mol. The van der Waals surface area contributed by atoms with Crippen LogP contribution in [0.15, 0.2) is 29.5 Å². The van der Waals surface area contributed by atoms with E-state index in [1.54, 1.807) is 11.8 Å². The quantitative estimate of drug-likeness (QED) is 0.520. The summed E-state index contributed by atoms with van der Waals surface area (Å²) in [6.07, 6.45) is 10.7. The first-order chi connectivity index (χ1) is 12.0. The van der Waals surface area contributed by atoms with E-state index in [9.17, 15) is 4.79 Å². The van der Waals surface area contributed by atoms with E-state index in [1.807, 2.05) is 6.92 Å². The van der Waals surface area contributed by atoms with Gasteiger partial charge in [-0.25, -0.2) is 9.97 Å². The molecular weight excluding hydrogens is 330 g/mol. The number of nitrogens with zero attached hydrogens (tertiary/aromatic N) is 2. The van der Waals surface area contributed by atoms with E-state index in [1.165, 1.54) is 5.57 Å². The third-order valence-electron chi connectivity index (χ3n) is 4.08. The molecule has 4 nitrogen and oxygen atoms in total. The Morgan fingerprint density at radius 2 is 2.12 bits per heavy atom. The fourth-order valence-electron chi connectivity index (χ4n) is 2.69. The van der Waals surface area contributed by atoms with Crippen LogP contribution in [0, 0.1) is 6.92 Å². The maximum atomic E-state index is 10.4. The van der Waals surface area contributed by atoms with E-state index in [0.717, 1.165) is 64.8 Å². The highest BCUT2D eigenvalue weighted by Crippen LogP contribution is 2.32. The van der Waals surface area contributed by atoms with Crippen LogP contribution in [0.3, 0.4) is 0 Å². The van der Waals surface area contributed by atoms with E-state index in [0.29, 0.717) is 6.42 Å². The molecule has 2 heterocycles. The van der Waals surface area contributed by atoms with Crippen LogP contribution in [0.1, 0.15) is 57.1 Å². The summed E-state index contributed by atoms with van der Waals surface area (Å²) in [4.78, 5) is 21.1. The molecule has 25 heavy (non-hydrogen) atoms. The Hall–Kier alpha value is -1.88. The van der Waals surface area contributed by atoms with Crippen LogP contribution in [-0.4, -0.2) is 22.0 Å². The van der Waals surface area contributed by atoms with Crippen molar-refractivity contribution in [2.45, 2.75) is 53.4 Å². The number of rotatable bonds is 8. The summed E-state index contributed by atoms with van der Waals surface area (Å²) < 4.78 is 0. The second kappa shape index (κ2) is 9.56. The Kier molecular flexibility index (Phi) is 7.44. The van der Waals surface area contributed by atoms with Crippen LogP contribution in [0.2, 0.25) is 0 Å². The summed E-state index contributed by atoms with van der Waals surface area (Å²) >= 11 is 1.77. The van der Waals surface area contributed by atoms with Crippen molar-refractivity contribution in [3.63, 3.8) is 0 Å². The lowest BCUT2D eigenvalue weighted by Gasteiger charge is -2.16. The number of carbonyl (C=O) groups excluding carboxylic acids is 1. The number of unbranched alkanes of at least 4 members (excludes halogenated alkanes) is 2. The maximum absolute atomic E-state index is 10.4. The number of anilines is 1. The van der Waals surface area contributed by atoms with E-state index in [4.69, 9.17) is 9.97 Å². The van der Waals surface area contributed by atoms with Crippen molar-refractivity contribution < 1.29 is 4.79 Å². The van der Waals surface area contributed by atoms with Gasteiger partial charge in [0.2, 0.25) is 0 Å². The minimum absolute atomic E-state index is 0.610. The molecule has 0 unspecified atom stereocenters. The Bertz CT molecular complexity index is 720. The Balaban J connectivity index is 2.26. The minimum Gasteiger partial charge on any atom is -0.344 e. The summed E-state index contributed by atoms with van der Waals surface area (Å²) in [7, 11) is 0. The fourth-order valence-corrected chi connectivity index (χ4v) is 3.71. The second-order valence-corrected chi connectivity index (χ2v) is 7.25. The highest BCUT2D eigenvalue weighted by molar-refractivity contribution is 8.08. The molecule has 0 atom stereocenters. The zero-order chi connectivity index (χ0) is 18.2. The van der Waals surface area contributed by atoms with Crippen molar-refractivity contribution >= 4 is 28.8 Å². The van der Waals surface area contributed by atoms with Gasteiger partial charge in [0.1, 0.15) is 12.1 Å². The molecule has 1 aromatic heterocycles. The van der Waals surface area contributed by atoms with Crippen LogP contribution < -0.4 is 5.32 Å². The van der Waals surface area contributed by atoms with Gasteiger partial charge < -0.3 is 10.1 Å². The van der Waals surface area contributed by atoms with Gasteiger partial charge in [0.05, 0.1) is 4.91 Å². The molecule has 0 amide bonds. The first kappa shape index (κ1) is 19.4. The molecule has 0 aromatic carbocycles. The van der Waals surface area contributed by atoms with Crippen LogP contribution in [0.5, 0.6) is 0 Å². The predicted molar refractivity (Wildman–Crippen MR) is 108 cm³/mol. The predicted octanol–water partition coefficient (Wildman–Crippen LogP) is 5.07. The first-order valence-electron chi connectivity index (χ1n) is 8.81. The van der Waals surface area contributed by atoms with Crippen LogP contribution >= 0.6 is 11.8 Å². The molecule has 1 aliphatic heterocycles. The standard InChI is InChI=1S/C20H27N3OS/c1-5-17-16(4)22-20(18-13-14(2)10-12-25-18)23-19(17)21-15(3)9-7-6-8-11-24/h9-11,13H,5-8,12H2,1-4H3,(H,21,22,23)/b15-9+. The summed E-state index contributed by atoms with van der Waals surface area (Å²) in [5, 5.41) is 3.44. The second-order valence-electron chi connectivity index (χ2n) is 6.19. The normalized spacial score (nSPS) is 14.8. The molecule has 0 spiro atoms. The van der Waals surface area contributed by atoms with E-state index < -0.39 is 0 Å².